The Bertz CT molecular complexity index is 3680. The fourth-order valence-corrected chi connectivity index (χ4v) is 9.45. The Kier molecular flexibility index (Phi) is 7.71. The maximum Gasteiger partial charge on any atom is 0.160 e. The Balaban J connectivity index is 1.30. The van der Waals surface area contributed by atoms with Crippen LogP contribution < -0.4 is 10.6 Å². The van der Waals surface area contributed by atoms with Gasteiger partial charge in [0.1, 0.15) is 11.2 Å². The van der Waals surface area contributed by atoms with E-state index in [4.69, 9.17) is 14.4 Å². The zero-order valence-corrected chi connectivity index (χ0v) is 32.6. The minimum atomic E-state index is 0.626. The minimum Gasteiger partial charge on any atom is -0.455 e. The zero-order valence-electron chi connectivity index (χ0n) is 32.6. The molecule has 0 N–H and O–H groups in total. The number of hydrogen-bond acceptors (Lipinski definition) is 3. The number of aromatic nitrogens is 2. The van der Waals surface area contributed by atoms with Crippen LogP contribution in [0.5, 0.6) is 0 Å². The molecule has 2 aliphatic heterocycles. The minimum absolute atomic E-state index is 0.626. The lowest BCUT2D eigenvalue weighted by atomic mass is 9.95. The molecule has 5 heterocycles. The fraction of sp³-hybridized carbons (Fsp3) is 0.0364. The van der Waals surface area contributed by atoms with Crippen LogP contribution in [0.2, 0.25) is 0 Å². The van der Waals surface area contributed by atoms with Crippen molar-refractivity contribution < 1.29 is 4.42 Å². The number of para-hydroxylation sites is 2. The molecule has 5 heteroatoms. The number of furan rings is 1. The molecule has 282 valence electrons. The average Bonchev–Trinajstić information content (AvgIpc) is 3.90. The number of amidine groups is 1. The first kappa shape index (κ1) is 34.1. The van der Waals surface area contributed by atoms with Crippen LogP contribution in [0.3, 0.4) is 0 Å². The van der Waals surface area contributed by atoms with Gasteiger partial charge in [0.25, 0.3) is 0 Å². The quantitative estimate of drug-likeness (QED) is 0.165. The summed E-state index contributed by atoms with van der Waals surface area (Å²) in [5, 5.41) is 7.78. The SMILES string of the molecule is C=C=C/C=c1\c2c3c(ccc4c5c6oc7ccccc7c6ccc5n(c43)-c3cccc(c3)C3=NC(c4ccccc4)=NC(c4ccccc4)=C(C\C=2)C3)n1-c1ccccc1. The highest BCUT2D eigenvalue weighted by atomic mass is 16.3. The summed E-state index contributed by atoms with van der Waals surface area (Å²) in [7, 11) is 0. The molecule has 0 spiro atoms. The number of aliphatic imine (C=N–C) groups is 2. The van der Waals surface area contributed by atoms with E-state index in [1.165, 1.54) is 5.57 Å². The van der Waals surface area contributed by atoms with E-state index in [9.17, 15) is 0 Å². The van der Waals surface area contributed by atoms with E-state index in [2.05, 4.69) is 185 Å². The lowest BCUT2D eigenvalue weighted by molar-refractivity contribution is 0.673. The summed E-state index contributed by atoms with van der Waals surface area (Å²) in [6.45, 7) is 3.97. The molecule has 0 radical (unpaired) electrons. The van der Waals surface area contributed by atoms with Crippen LogP contribution in [0.25, 0.3) is 83.9 Å². The normalized spacial score (nSPS) is 14.8. The van der Waals surface area contributed by atoms with Gasteiger partial charge in [0.15, 0.2) is 5.84 Å². The van der Waals surface area contributed by atoms with Gasteiger partial charge >= 0.3 is 0 Å². The molecule has 10 aromatic rings. The van der Waals surface area contributed by atoms with E-state index in [0.29, 0.717) is 18.7 Å². The predicted octanol–water partition coefficient (Wildman–Crippen LogP) is 12.0. The maximum absolute atomic E-state index is 6.81. The lowest BCUT2D eigenvalue weighted by Crippen LogP contribution is -2.28. The van der Waals surface area contributed by atoms with Gasteiger partial charge in [0.2, 0.25) is 0 Å². The molecule has 4 bridgehead atoms. The van der Waals surface area contributed by atoms with Crippen molar-refractivity contribution in [3.8, 4) is 11.4 Å². The van der Waals surface area contributed by atoms with Crippen LogP contribution in [0, 0.1) is 0 Å². The molecule has 2 aliphatic rings. The Labute approximate surface area is 345 Å². The van der Waals surface area contributed by atoms with Gasteiger partial charge in [0, 0.05) is 55.7 Å². The molecular weight excluding hydrogens is 733 g/mol. The second kappa shape index (κ2) is 13.6. The molecule has 0 saturated carbocycles. The van der Waals surface area contributed by atoms with Gasteiger partial charge in [-0.2, -0.15) is 0 Å². The first-order valence-electron chi connectivity index (χ1n) is 20.4. The molecule has 0 fully saturated rings. The molecule has 0 unspecified atom stereocenters. The van der Waals surface area contributed by atoms with Gasteiger partial charge in [-0.25, -0.2) is 9.98 Å². The van der Waals surface area contributed by atoms with Crippen molar-refractivity contribution in [1.29, 1.82) is 0 Å². The van der Waals surface area contributed by atoms with E-state index < -0.39 is 0 Å². The predicted molar refractivity (Wildman–Crippen MR) is 249 cm³/mol. The van der Waals surface area contributed by atoms with E-state index >= 15 is 0 Å². The van der Waals surface area contributed by atoms with Gasteiger partial charge in [-0.1, -0.05) is 122 Å². The molecule has 0 aliphatic carbocycles. The van der Waals surface area contributed by atoms with Crippen molar-refractivity contribution in [3.63, 3.8) is 0 Å². The summed E-state index contributed by atoms with van der Waals surface area (Å²) in [5.41, 5.74) is 16.5. The van der Waals surface area contributed by atoms with Gasteiger partial charge in [-0.05, 0) is 84.3 Å². The van der Waals surface area contributed by atoms with Crippen LogP contribution in [0.15, 0.2) is 202 Å². The van der Waals surface area contributed by atoms with E-state index in [1.54, 1.807) is 0 Å². The Morgan fingerprint density at radius 3 is 2.08 bits per heavy atom. The topological polar surface area (TPSA) is 47.7 Å². The molecule has 0 saturated heterocycles. The van der Waals surface area contributed by atoms with Crippen LogP contribution in [0.1, 0.15) is 29.5 Å². The first-order valence-corrected chi connectivity index (χ1v) is 20.4. The summed E-state index contributed by atoms with van der Waals surface area (Å²) in [6.07, 6.45) is 7.75. The largest absolute Gasteiger partial charge is 0.455 e. The highest BCUT2D eigenvalue weighted by molar-refractivity contribution is 6.27. The molecule has 60 heavy (non-hydrogen) atoms. The molecule has 12 rings (SSSR count). The van der Waals surface area contributed by atoms with Crippen LogP contribution in [-0.4, -0.2) is 20.7 Å². The number of rotatable bonds is 4. The average molecular weight is 769 g/mol. The number of benzene rings is 7. The molecule has 0 atom stereocenters. The van der Waals surface area contributed by atoms with Crippen molar-refractivity contribution >= 4 is 84.0 Å². The van der Waals surface area contributed by atoms with Crippen molar-refractivity contribution in [2.75, 3.05) is 0 Å². The smallest absolute Gasteiger partial charge is 0.160 e. The third-order valence-electron chi connectivity index (χ3n) is 12.1. The summed E-state index contributed by atoms with van der Waals surface area (Å²) >= 11 is 0. The summed E-state index contributed by atoms with van der Waals surface area (Å²) < 4.78 is 11.6. The van der Waals surface area contributed by atoms with Gasteiger partial charge in [-0.15, -0.1) is 5.73 Å². The van der Waals surface area contributed by atoms with Crippen molar-refractivity contribution in [3.05, 3.63) is 215 Å². The fourth-order valence-electron chi connectivity index (χ4n) is 9.45. The Morgan fingerprint density at radius 2 is 1.28 bits per heavy atom. The van der Waals surface area contributed by atoms with Crippen LogP contribution in [-0.2, 0) is 0 Å². The zero-order chi connectivity index (χ0) is 39.7. The molecular formula is C55H36N4O. The first-order chi connectivity index (χ1) is 29.7. The number of fused-ring (bicyclic) bond motifs is 13. The lowest BCUT2D eigenvalue weighted by Gasteiger charge is -2.14. The Morgan fingerprint density at radius 1 is 0.600 bits per heavy atom. The third-order valence-corrected chi connectivity index (χ3v) is 12.1. The van der Waals surface area contributed by atoms with E-state index in [1.807, 2.05) is 18.2 Å². The number of nitrogens with zero attached hydrogens (tertiary/aromatic N) is 4. The monoisotopic (exact) mass is 768 g/mol. The standard InChI is InChI=1S/C55H36N4O/c1-2-3-25-46-43-28-27-38-34-45(56-55(36-18-9-5-10-19-36)57-52(38)35-16-7-4-8-17-35)37-20-15-23-40(33-37)59-48-31-29-42-41-24-13-14-26-49(41)60-54(42)51(48)44-30-32-47(50(43)53(44)59)58(46)39-21-11-6-12-22-39/h3-26,28-33H,1,27,34H2/b43-28+,46-25+. The second-order valence-corrected chi connectivity index (χ2v) is 15.4. The number of allylic oxidation sites excluding steroid dienone is 2. The third kappa shape index (κ3) is 5.20. The summed E-state index contributed by atoms with van der Waals surface area (Å²) in [6, 6.07) is 57.8. The Hall–Kier alpha value is -7.98. The summed E-state index contributed by atoms with van der Waals surface area (Å²) in [5.74, 6) is 0.701. The summed E-state index contributed by atoms with van der Waals surface area (Å²) in [4.78, 5) is 10.9. The van der Waals surface area contributed by atoms with Gasteiger partial charge in [0.05, 0.1) is 38.7 Å². The molecule has 7 aromatic carbocycles. The van der Waals surface area contributed by atoms with Crippen molar-refractivity contribution in [2.24, 2.45) is 9.98 Å². The molecule has 3 aromatic heterocycles. The second-order valence-electron chi connectivity index (χ2n) is 15.4. The highest BCUT2D eigenvalue weighted by Gasteiger charge is 2.25. The molecule has 5 nitrogen and oxygen atoms in total. The number of hydrogen-bond donors (Lipinski definition) is 0. The van der Waals surface area contributed by atoms with E-state index in [0.717, 1.165) is 105 Å². The van der Waals surface area contributed by atoms with E-state index in [-0.39, 0.29) is 0 Å². The van der Waals surface area contributed by atoms with Crippen LogP contribution >= 0.6 is 0 Å². The van der Waals surface area contributed by atoms with Crippen LogP contribution in [0.4, 0.5) is 0 Å². The van der Waals surface area contributed by atoms with Gasteiger partial charge in [-0.3, -0.25) is 0 Å². The molecule has 0 amide bonds. The highest BCUT2D eigenvalue weighted by Crippen LogP contribution is 2.43. The van der Waals surface area contributed by atoms with Crippen molar-refractivity contribution in [2.45, 2.75) is 12.8 Å². The maximum atomic E-state index is 6.81. The van der Waals surface area contributed by atoms with Crippen molar-refractivity contribution in [1.82, 2.24) is 9.13 Å². The van der Waals surface area contributed by atoms with Gasteiger partial charge < -0.3 is 13.6 Å².